The highest BCUT2D eigenvalue weighted by Crippen LogP contribution is 2.38. The summed E-state index contributed by atoms with van der Waals surface area (Å²) in [5.74, 6) is 1.24. The molecule has 0 saturated heterocycles. The highest BCUT2D eigenvalue weighted by atomic mass is 16.5. The van der Waals surface area contributed by atoms with Crippen LogP contribution in [0.4, 0.5) is 0 Å². The average Bonchev–Trinajstić information content (AvgIpc) is 2.65. The number of hydrogen-bond donors (Lipinski definition) is 0. The third-order valence-electron chi connectivity index (χ3n) is 4.31. The summed E-state index contributed by atoms with van der Waals surface area (Å²) < 4.78 is 17.3. The van der Waals surface area contributed by atoms with Gasteiger partial charge in [0.05, 0.1) is 13.2 Å². The summed E-state index contributed by atoms with van der Waals surface area (Å²) in [5, 5.41) is 1.76. The molecule has 0 atom stereocenters. The molecule has 0 fully saturated rings. The number of carbonyl (C=O) groups excluding carboxylic acids is 1. The number of para-hydroxylation sites is 1. The van der Waals surface area contributed by atoms with Crippen LogP contribution in [0.5, 0.6) is 17.2 Å². The van der Waals surface area contributed by atoms with Gasteiger partial charge in [-0.25, -0.2) is 4.79 Å². The van der Waals surface area contributed by atoms with Crippen LogP contribution in [0, 0.1) is 13.8 Å². The third kappa shape index (κ3) is 3.90. The number of esters is 1. The van der Waals surface area contributed by atoms with Gasteiger partial charge in [-0.05, 0) is 51.5 Å². The Morgan fingerprint density at radius 3 is 2.30 bits per heavy atom. The molecule has 0 aromatic heterocycles. The van der Waals surface area contributed by atoms with Crippen LogP contribution in [0.25, 0.3) is 10.8 Å². The fourth-order valence-corrected chi connectivity index (χ4v) is 3.03. The molecular weight excluding hydrogens is 340 g/mol. The van der Waals surface area contributed by atoms with E-state index in [-0.39, 0.29) is 0 Å². The van der Waals surface area contributed by atoms with Gasteiger partial charge in [0.25, 0.3) is 0 Å². The van der Waals surface area contributed by atoms with Crippen molar-refractivity contribution in [1.82, 2.24) is 0 Å². The Hall–Kier alpha value is -3.01. The molecule has 0 aliphatic heterocycles. The van der Waals surface area contributed by atoms with Gasteiger partial charge in [0.1, 0.15) is 22.8 Å². The Morgan fingerprint density at radius 1 is 0.852 bits per heavy atom. The van der Waals surface area contributed by atoms with E-state index in [0.717, 1.165) is 21.9 Å². The van der Waals surface area contributed by atoms with Gasteiger partial charge in [0.2, 0.25) is 0 Å². The second-order valence-electron chi connectivity index (χ2n) is 6.32. The van der Waals surface area contributed by atoms with Crippen LogP contribution in [0.1, 0.15) is 35.3 Å². The Labute approximate surface area is 159 Å². The lowest BCUT2D eigenvalue weighted by molar-refractivity contribution is 0.0729. The molecule has 0 bridgehead atoms. The van der Waals surface area contributed by atoms with Crippen molar-refractivity contribution in [1.29, 1.82) is 0 Å². The van der Waals surface area contributed by atoms with Gasteiger partial charge in [-0.2, -0.15) is 0 Å². The summed E-state index contributed by atoms with van der Waals surface area (Å²) in [5.41, 5.74) is 2.37. The van der Waals surface area contributed by atoms with Gasteiger partial charge in [-0.3, -0.25) is 0 Å². The number of fused-ring (bicyclic) bond motifs is 1. The summed E-state index contributed by atoms with van der Waals surface area (Å²) in [7, 11) is 0. The first-order valence-corrected chi connectivity index (χ1v) is 9.15. The van der Waals surface area contributed by atoms with Crippen molar-refractivity contribution in [2.45, 2.75) is 27.7 Å². The van der Waals surface area contributed by atoms with Crippen LogP contribution in [-0.4, -0.2) is 19.2 Å². The number of aryl methyl sites for hydroxylation is 2. The molecule has 3 aromatic rings. The smallest absolute Gasteiger partial charge is 0.347 e. The molecule has 3 rings (SSSR count). The molecule has 0 radical (unpaired) electrons. The second kappa shape index (κ2) is 8.12. The van der Waals surface area contributed by atoms with E-state index in [1.165, 1.54) is 0 Å². The first-order chi connectivity index (χ1) is 13.0. The minimum absolute atomic E-state index is 0.361. The Kier molecular flexibility index (Phi) is 5.65. The van der Waals surface area contributed by atoms with Crippen molar-refractivity contribution in [2.75, 3.05) is 13.2 Å². The maximum absolute atomic E-state index is 13.0. The maximum Gasteiger partial charge on any atom is 0.347 e. The minimum atomic E-state index is -0.462. The Bertz CT molecular complexity index is 976. The van der Waals surface area contributed by atoms with Crippen molar-refractivity contribution in [2.24, 2.45) is 0 Å². The van der Waals surface area contributed by atoms with Crippen molar-refractivity contribution >= 4 is 16.7 Å². The second-order valence-corrected chi connectivity index (χ2v) is 6.32. The van der Waals surface area contributed by atoms with Crippen LogP contribution >= 0.6 is 0 Å². The summed E-state index contributed by atoms with van der Waals surface area (Å²) >= 11 is 0. The normalized spacial score (nSPS) is 10.7. The SMILES string of the molecule is CCOc1cc(C(=O)Oc2ccccc2C)c(OCC)c2ccc(C)cc12. The molecule has 0 heterocycles. The van der Waals surface area contributed by atoms with Crippen LogP contribution < -0.4 is 14.2 Å². The first-order valence-electron chi connectivity index (χ1n) is 9.15. The van der Waals surface area contributed by atoms with Crippen molar-refractivity contribution in [3.05, 3.63) is 65.2 Å². The molecule has 4 heteroatoms. The summed E-state index contributed by atoms with van der Waals surface area (Å²) in [4.78, 5) is 13.0. The topological polar surface area (TPSA) is 44.8 Å². The first kappa shape index (κ1) is 18.8. The third-order valence-corrected chi connectivity index (χ3v) is 4.31. The van der Waals surface area contributed by atoms with E-state index in [2.05, 4.69) is 0 Å². The van der Waals surface area contributed by atoms with Crippen LogP contribution in [0.3, 0.4) is 0 Å². The number of ether oxygens (including phenoxy) is 3. The van der Waals surface area contributed by atoms with Crippen molar-refractivity contribution < 1.29 is 19.0 Å². The average molecular weight is 364 g/mol. The van der Waals surface area contributed by atoms with E-state index < -0.39 is 5.97 Å². The van der Waals surface area contributed by atoms with E-state index in [4.69, 9.17) is 14.2 Å². The van der Waals surface area contributed by atoms with Gasteiger partial charge < -0.3 is 14.2 Å². The van der Waals surface area contributed by atoms with Gasteiger partial charge >= 0.3 is 5.97 Å². The highest BCUT2D eigenvalue weighted by Gasteiger charge is 2.22. The molecule has 140 valence electrons. The molecule has 4 nitrogen and oxygen atoms in total. The molecule has 3 aromatic carbocycles. The lowest BCUT2D eigenvalue weighted by Gasteiger charge is -2.17. The maximum atomic E-state index is 13.0. The van der Waals surface area contributed by atoms with Crippen molar-refractivity contribution in [3.8, 4) is 17.2 Å². The quantitative estimate of drug-likeness (QED) is 0.429. The molecule has 0 unspecified atom stereocenters. The highest BCUT2D eigenvalue weighted by molar-refractivity contribution is 6.05. The Morgan fingerprint density at radius 2 is 1.59 bits per heavy atom. The molecule has 0 spiro atoms. The number of hydrogen-bond acceptors (Lipinski definition) is 4. The zero-order valence-electron chi connectivity index (χ0n) is 16.2. The fraction of sp³-hybridized carbons (Fsp3) is 0.261. The molecule has 0 amide bonds. The van der Waals surface area contributed by atoms with Crippen LogP contribution in [0.15, 0.2) is 48.5 Å². The van der Waals surface area contributed by atoms with Gasteiger partial charge in [0, 0.05) is 10.8 Å². The monoisotopic (exact) mass is 364 g/mol. The minimum Gasteiger partial charge on any atom is -0.493 e. The molecular formula is C23H24O4. The van der Waals surface area contributed by atoms with E-state index in [1.54, 1.807) is 12.1 Å². The van der Waals surface area contributed by atoms with Crippen LogP contribution in [0.2, 0.25) is 0 Å². The molecule has 27 heavy (non-hydrogen) atoms. The summed E-state index contributed by atoms with van der Waals surface area (Å²) in [6, 6.07) is 15.1. The predicted octanol–water partition coefficient (Wildman–Crippen LogP) is 5.47. The predicted molar refractivity (Wildman–Crippen MR) is 107 cm³/mol. The van der Waals surface area contributed by atoms with Gasteiger partial charge in [-0.1, -0.05) is 35.9 Å². The number of carbonyl (C=O) groups is 1. The summed E-state index contributed by atoms with van der Waals surface area (Å²) in [6.45, 7) is 8.69. The zero-order valence-corrected chi connectivity index (χ0v) is 16.2. The zero-order chi connectivity index (χ0) is 19.4. The van der Waals surface area contributed by atoms with Crippen molar-refractivity contribution in [3.63, 3.8) is 0 Å². The number of rotatable bonds is 6. The van der Waals surface area contributed by atoms with E-state index in [0.29, 0.717) is 36.0 Å². The van der Waals surface area contributed by atoms with Gasteiger partial charge in [0.15, 0.2) is 0 Å². The van der Waals surface area contributed by atoms with Crippen LogP contribution in [-0.2, 0) is 0 Å². The standard InChI is InChI=1S/C23H24O4/c1-5-25-21-14-19(23(24)27-20-10-8-7-9-16(20)4)22(26-6-2)17-12-11-15(3)13-18(17)21/h7-14H,5-6H2,1-4H3. The van der Waals surface area contributed by atoms with E-state index in [9.17, 15) is 4.79 Å². The lowest BCUT2D eigenvalue weighted by atomic mass is 10.0. The Balaban J connectivity index is 2.15. The molecule has 0 aliphatic rings. The number of benzene rings is 3. The van der Waals surface area contributed by atoms with E-state index in [1.807, 2.05) is 64.1 Å². The molecule has 0 N–H and O–H groups in total. The summed E-state index contributed by atoms with van der Waals surface area (Å²) in [6.07, 6.45) is 0. The largest absolute Gasteiger partial charge is 0.493 e. The van der Waals surface area contributed by atoms with E-state index >= 15 is 0 Å². The molecule has 0 saturated carbocycles. The fourth-order valence-electron chi connectivity index (χ4n) is 3.03. The molecule has 0 aliphatic carbocycles. The van der Waals surface area contributed by atoms with Gasteiger partial charge in [-0.15, -0.1) is 0 Å². The lowest BCUT2D eigenvalue weighted by Crippen LogP contribution is -2.12.